The zero-order valence-corrected chi connectivity index (χ0v) is 18.8. The molecule has 0 unspecified atom stereocenters. The SMILES string of the molecule is NC(=O)c1ccccc1CC1(c2ccccc2)CCN(C=Cc2ccccc2C(F)(F)F)CC1. The zero-order valence-electron chi connectivity index (χ0n) is 18.8. The first-order valence-electron chi connectivity index (χ1n) is 11.3. The molecule has 176 valence electrons. The molecule has 3 nitrogen and oxygen atoms in total. The Morgan fingerprint density at radius 3 is 2.21 bits per heavy atom. The van der Waals surface area contributed by atoms with Gasteiger partial charge in [0.15, 0.2) is 0 Å². The summed E-state index contributed by atoms with van der Waals surface area (Å²) in [4.78, 5) is 14.1. The van der Waals surface area contributed by atoms with Gasteiger partial charge >= 0.3 is 6.18 Å². The highest BCUT2D eigenvalue weighted by Gasteiger charge is 2.37. The Balaban J connectivity index is 1.57. The van der Waals surface area contributed by atoms with Crippen molar-refractivity contribution in [2.24, 2.45) is 5.73 Å². The van der Waals surface area contributed by atoms with E-state index in [9.17, 15) is 18.0 Å². The summed E-state index contributed by atoms with van der Waals surface area (Å²) in [5.74, 6) is -0.442. The molecule has 0 radical (unpaired) electrons. The van der Waals surface area contributed by atoms with Gasteiger partial charge in [0.05, 0.1) is 5.56 Å². The van der Waals surface area contributed by atoms with E-state index in [0.29, 0.717) is 25.1 Å². The first-order chi connectivity index (χ1) is 16.3. The molecule has 0 atom stereocenters. The lowest BCUT2D eigenvalue weighted by Crippen LogP contribution is -2.42. The average Bonchev–Trinajstić information content (AvgIpc) is 2.84. The normalized spacial score (nSPS) is 16.0. The molecule has 1 saturated heterocycles. The number of piperidine rings is 1. The molecule has 6 heteroatoms. The lowest BCUT2D eigenvalue weighted by Gasteiger charge is -2.42. The van der Waals surface area contributed by atoms with Crippen LogP contribution in [0.3, 0.4) is 0 Å². The van der Waals surface area contributed by atoms with E-state index in [0.717, 1.165) is 24.5 Å². The average molecular weight is 465 g/mol. The van der Waals surface area contributed by atoms with E-state index in [4.69, 9.17) is 5.73 Å². The fourth-order valence-corrected chi connectivity index (χ4v) is 4.83. The third-order valence-corrected chi connectivity index (χ3v) is 6.68. The molecule has 1 aliphatic heterocycles. The maximum Gasteiger partial charge on any atom is 0.416 e. The van der Waals surface area contributed by atoms with Gasteiger partial charge in [0.1, 0.15) is 0 Å². The van der Waals surface area contributed by atoms with Gasteiger partial charge in [0, 0.05) is 24.1 Å². The van der Waals surface area contributed by atoms with Crippen LogP contribution in [0.5, 0.6) is 0 Å². The molecule has 1 heterocycles. The van der Waals surface area contributed by atoms with Crippen molar-refractivity contribution in [1.82, 2.24) is 4.90 Å². The molecule has 0 saturated carbocycles. The van der Waals surface area contributed by atoms with Crippen molar-refractivity contribution in [2.75, 3.05) is 13.1 Å². The van der Waals surface area contributed by atoms with E-state index in [1.54, 1.807) is 24.4 Å². The van der Waals surface area contributed by atoms with E-state index >= 15 is 0 Å². The number of carbonyl (C=O) groups excluding carboxylic acids is 1. The minimum Gasteiger partial charge on any atom is -0.377 e. The van der Waals surface area contributed by atoms with Crippen molar-refractivity contribution in [3.8, 4) is 0 Å². The lowest BCUT2D eigenvalue weighted by molar-refractivity contribution is -0.137. The summed E-state index contributed by atoms with van der Waals surface area (Å²) in [6.45, 7) is 1.39. The molecular weight excluding hydrogens is 437 g/mol. The van der Waals surface area contributed by atoms with Gasteiger partial charge in [-0.25, -0.2) is 0 Å². The van der Waals surface area contributed by atoms with E-state index in [-0.39, 0.29) is 11.0 Å². The quantitative estimate of drug-likeness (QED) is 0.483. The minimum absolute atomic E-state index is 0.158. The van der Waals surface area contributed by atoms with Crippen molar-refractivity contribution in [1.29, 1.82) is 0 Å². The van der Waals surface area contributed by atoms with Gasteiger partial charge in [0.2, 0.25) is 5.91 Å². The predicted octanol–water partition coefficient (Wildman–Crippen LogP) is 6.05. The Morgan fingerprint density at radius 2 is 1.53 bits per heavy atom. The number of carbonyl (C=O) groups is 1. The molecular formula is C28H27F3N2O. The molecule has 0 bridgehead atoms. The van der Waals surface area contributed by atoms with Crippen LogP contribution in [0.1, 0.15) is 45.5 Å². The highest BCUT2D eigenvalue weighted by atomic mass is 19.4. The van der Waals surface area contributed by atoms with Crippen LogP contribution in [0.25, 0.3) is 6.08 Å². The summed E-state index contributed by atoms with van der Waals surface area (Å²) in [5.41, 5.74) is 7.60. The Hall–Kier alpha value is -3.54. The Morgan fingerprint density at radius 1 is 0.912 bits per heavy atom. The Kier molecular flexibility index (Phi) is 6.77. The van der Waals surface area contributed by atoms with Gasteiger partial charge in [-0.1, -0.05) is 66.7 Å². The highest BCUT2D eigenvalue weighted by molar-refractivity contribution is 5.94. The van der Waals surface area contributed by atoms with Crippen LogP contribution in [0.4, 0.5) is 13.2 Å². The third kappa shape index (κ3) is 5.16. The highest BCUT2D eigenvalue weighted by Crippen LogP contribution is 2.40. The molecule has 3 aromatic rings. The predicted molar refractivity (Wildman–Crippen MR) is 128 cm³/mol. The Labute approximate surface area is 197 Å². The van der Waals surface area contributed by atoms with E-state index < -0.39 is 17.6 Å². The Bertz CT molecular complexity index is 1160. The van der Waals surface area contributed by atoms with Crippen molar-refractivity contribution < 1.29 is 18.0 Å². The number of primary amides is 1. The van der Waals surface area contributed by atoms with Gasteiger partial charge in [-0.15, -0.1) is 0 Å². The fraction of sp³-hybridized carbons (Fsp3) is 0.250. The minimum atomic E-state index is -4.39. The topological polar surface area (TPSA) is 46.3 Å². The molecule has 2 N–H and O–H groups in total. The maximum atomic E-state index is 13.3. The lowest BCUT2D eigenvalue weighted by atomic mass is 9.68. The number of halogens is 3. The molecule has 3 aromatic carbocycles. The summed E-state index contributed by atoms with van der Waals surface area (Å²) >= 11 is 0. The van der Waals surface area contributed by atoms with Gasteiger partial charge < -0.3 is 10.6 Å². The summed E-state index contributed by atoms with van der Waals surface area (Å²) in [6, 6.07) is 23.2. The second-order valence-corrected chi connectivity index (χ2v) is 8.78. The van der Waals surface area contributed by atoms with Crippen LogP contribution in [0, 0.1) is 0 Å². The smallest absolute Gasteiger partial charge is 0.377 e. The molecule has 1 aliphatic rings. The fourth-order valence-electron chi connectivity index (χ4n) is 4.83. The van der Waals surface area contributed by atoms with E-state index in [1.165, 1.54) is 17.7 Å². The van der Waals surface area contributed by atoms with Gasteiger partial charge in [0.25, 0.3) is 0 Å². The number of rotatable bonds is 6. The summed E-state index contributed by atoms with van der Waals surface area (Å²) in [6.07, 6.45) is 1.19. The van der Waals surface area contributed by atoms with Crippen molar-refractivity contribution in [3.63, 3.8) is 0 Å². The van der Waals surface area contributed by atoms with Crippen molar-refractivity contribution in [3.05, 3.63) is 113 Å². The molecule has 0 aliphatic carbocycles. The number of alkyl halides is 3. The number of likely N-dealkylation sites (tertiary alicyclic amines) is 1. The molecule has 0 spiro atoms. The van der Waals surface area contributed by atoms with Crippen molar-refractivity contribution in [2.45, 2.75) is 30.9 Å². The van der Waals surface area contributed by atoms with Crippen LogP contribution in [-0.4, -0.2) is 23.9 Å². The van der Waals surface area contributed by atoms with E-state index in [2.05, 4.69) is 17.0 Å². The molecule has 1 amide bonds. The van der Waals surface area contributed by atoms with Crippen molar-refractivity contribution >= 4 is 12.0 Å². The van der Waals surface area contributed by atoms with Crippen LogP contribution in [0.2, 0.25) is 0 Å². The molecule has 34 heavy (non-hydrogen) atoms. The first kappa shape index (κ1) is 23.6. The number of hydrogen-bond acceptors (Lipinski definition) is 2. The largest absolute Gasteiger partial charge is 0.416 e. The summed E-state index contributed by atoms with van der Waals surface area (Å²) in [7, 11) is 0. The second kappa shape index (κ2) is 9.75. The zero-order chi connectivity index (χ0) is 24.2. The molecule has 4 rings (SSSR count). The van der Waals surface area contributed by atoms with Crippen LogP contribution >= 0.6 is 0 Å². The van der Waals surface area contributed by atoms with Gasteiger partial charge in [-0.3, -0.25) is 4.79 Å². The van der Waals surface area contributed by atoms with Gasteiger partial charge in [-0.2, -0.15) is 13.2 Å². The standard InChI is InChI=1S/C28H27F3N2O/c29-28(30,31)25-13-7-5-8-21(25)14-17-33-18-15-27(16-19-33,23-10-2-1-3-11-23)20-22-9-4-6-12-24(22)26(32)34/h1-14,17H,15-16,18-20H2,(H2,32,34). The van der Waals surface area contributed by atoms with Gasteiger partial charge in [-0.05, 0) is 60.4 Å². The number of hydrogen-bond donors (Lipinski definition) is 1. The number of benzene rings is 3. The maximum absolute atomic E-state index is 13.3. The third-order valence-electron chi connectivity index (χ3n) is 6.68. The second-order valence-electron chi connectivity index (χ2n) is 8.78. The molecule has 1 fully saturated rings. The summed E-state index contributed by atoms with van der Waals surface area (Å²) < 4.78 is 40.0. The van der Waals surface area contributed by atoms with Crippen LogP contribution in [-0.2, 0) is 18.0 Å². The number of nitrogens with two attached hydrogens (primary N) is 1. The van der Waals surface area contributed by atoms with Crippen LogP contribution in [0.15, 0.2) is 85.1 Å². The molecule has 0 aromatic heterocycles. The monoisotopic (exact) mass is 464 g/mol. The first-order valence-corrected chi connectivity index (χ1v) is 11.3. The number of amides is 1. The van der Waals surface area contributed by atoms with E-state index in [1.807, 2.05) is 36.4 Å². The number of nitrogens with zero attached hydrogens (tertiary/aromatic N) is 1. The summed E-state index contributed by atoms with van der Waals surface area (Å²) in [5, 5.41) is 0. The van der Waals surface area contributed by atoms with Crippen LogP contribution < -0.4 is 5.73 Å².